The van der Waals surface area contributed by atoms with Crippen molar-refractivity contribution in [3.8, 4) is 5.75 Å². The maximum absolute atomic E-state index is 12.9. The molecule has 4 nitrogen and oxygen atoms in total. The summed E-state index contributed by atoms with van der Waals surface area (Å²) in [6, 6.07) is 9.52. The molecule has 2 aromatic carbocycles. The molecule has 2 aliphatic heterocycles. The van der Waals surface area contributed by atoms with E-state index in [4.69, 9.17) is 16.3 Å². The normalized spacial score (nSPS) is 16.0. The molecule has 0 bridgehead atoms. The first-order chi connectivity index (χ1) is 13.8. The minimum absolute atomic E-state index is 0.00452. The van der Waals surface area contributed by atoms with Gasteiger partial charge in [-0.05, 0) is 53.8 Å². The Bertz CT molecular complexity index is 962. The van der Waals surface area contributed by atoms with Crippen LogP contribution in [0.15, 0.2) is 30.3 Å². The lowest BCUT2D eigenvalue weighted by molar-refractivity contribution is -0.185. The van der Waals surface area contributed by atoms with Crippen molar-refractivity contribution in [1.29, 1.82) is 0 Å². The number of rotatable bonds is 2. The van der Waals surface area contributed by atoms with Crippen molar-refractivity contribution in [2.24, 2.45) is 0 Å². The van der Waals surface area contributed by atoms with Crippen LogP contribution >= 0.6 is 11.6 Å². The summed E-state index contributed by atoms with van der Waals surface area (Å²) in [4.78, 5) is 14.5. The third-order valence-corrected chi connectivity index (χ3v) is 5.84. The molecule has 1 amide bonds. The first kappa shape index (κ1) is 19.9. The molecule has 0 aromatic heterocycles. The topological polar surface area (TPSA) is 32.8 Å². The summed E-state index contributed by atoms with van der Waals surface area (Å²) < 4.78 is 44.2. The van der Waals surface area contributed by atoms with Crippen LogP contribution in [0, 0.1) is 0 Å². The monoisotopic (exact) mass is 424 g/mol. The van der Waals surface area contributed by atoms with Gasteiger partial charge in [-0.25, -0.2) is 0 Å². The molecule has 0 atom stereocenters. The first-order valence-electron chi connectivity index (χ1n) is 9.41. The van der Waals surface area contributed by atoms with E-state index in [-0.39, 0.29) is 13.1 Å². The van der Waals surface area contributed by atoms with Crippen molar-refractivity contribution >= 4 is 28.9 Å². The number of carbonyl (C=O) groups is 1. The predicted octanol–water partition coefficient (Wildman–Crippen LogP) is 4.53. The molecular formula is C21H20ClF3N2O2. The van der Waals surface area contributed by atoms with E-state index in [1.807, 2.05) is 36.2 Å². The molecule has 2 aromatic rings. The standard InChI is InChI=1S/C21H20ClF3N2O2/c1-26(15-3-5-18-14(12-15)8-11-29-18)19-16-7-10-27(20(28)21(23,24)25)9-6-13(16)2-4-17(19)22/h2-5,12H,6-11H2,1H3. The number of carbonyl (C=O) groups excluding carboxylic acids is 1. The quantitative estimate of drug-likeness (QED) is 0.710. The molecular weight excluding hydrogens is 405 g/mol. The van der Waals surface area contributed by atoms with Crippen LogP contribution in [0.4, 0.5) is 24.5 Å². The maximum Gasteiger partial charge on any atom is 0.471 e. The van der Waals surface area contributed by atoms with Crippen molar-refractivity contribution in [3.05, 3.63) is 52.0 Å². The molecule has 0 unspecified atom stereocenters. The van der Waals surface area contributed by atoms with E-state index < -0.39 is 12.1 Å². The van der Waals surface area contributed by atoms with E-state index in [1.165, 1.54) is 0 Å². The van der Waals surface area contributed by atoms with Crippen molar-refractivity contribution in [3.63, 3.8) is 0 Å². The van der Waals surface area contributed by atoms with Crippen LogP contribution in [0.1, 0.15) is 16.7 Å². The van der Waals surface area contributed by atoms with Crippen LogP contribution in [0.3, 0.4) is 0 Å². The summed E-state index contributed by atoms with van der Waals surface area (Å²) in [6.07, 6.45) is -3.36. The van der Waals surface area contributed by atoms with Gasteiger partial charge in [-0.15, -0.1) is 0 Å². The van der Waals surface area contributed by atoms with E-state index in [1.54, 1.807) is 6.07 Å². The van der Waals surface area contributed by atoms with Crippen molar-refractivity contribution in [1.82, 2.24) is 4.90 Å². The number of halogens is 4. The van der Waals surface area contributed by atoms with Gasteiger partial charge in [0.05, 0.1) is 17.3 Å². The molecule has 154 valence electrons. The van der Waals surface area contributed by atoms with Gasteiger partial charge in [0, 0.05) is 32.2 Å². The van der Waals surface area contributed by atoms with Crippen molar-refractivity contribution in [2.75, 3.05) is 31.6 Å². The van der Waals surface area contributed by atoms with E-state index >= 15 is 0 Å². The first-order valence-corrected chi connectivity index (χ1v) is 9.79. The molecule has 0 saturated heterocycles. The van der Waals surface area contributed by atoms with Crippen molar-refractivity contribution < 1.29 is 22.7 Å². The van der Waals surface area contributed by atoms with Crippen LogP contribution in [-0.4, -0.2) is 43.7 Å². The number of anilines is 2. The Morgan fingerprint density at radius 1 is 1.10 bits per heavy atom. The number of nitrogens with zero attached hydrogens (tertiary/aromatic N) is 2. The van der Waals surface area contributed by atoms with E-state index in [0.717, 1.165) is 45.1 Å². The highest BCUT2D eigenvalue weighted by atomic mass is 35.5. The lowest BCUT2D eigenvalue weighted by Gasteiger charge is -2.26. The Hall–Kier alpha value is -2.41. The van der Waals surface area contributed by atoms with E-state index in [9.17, 15) is 18.0 Å². The molecule has 0 fully saturated rings. The van der Waals surface area contributed by atoms with Crippen LogP contribution < -0.4 is 9.64 Å². The lowest BCUT2D eigenvalue weighted by Crippen LogP contribution is -2.42. The number of hydrogen-bond acceptors (Lipinski definition) is 3. The van der Waals surface area contributed by atoms with Gasteiger partial charge >= 0.3 is 12.1 Å². The van der Waals surface area contributed by atoms with Gasteiger partial charge in [0.2, 0.25) is 0 Å². The van der Waals surface area contributed by atoms with E-state index in [0.29, 0.717) is 24.5 Å². The number of hydrogen-bond donors (Lipinski definition) is 0. The molecule has 0 saturated carbocycles. The average Bonchev–Trinajstić information content (AvgIpc) is 3.05. The smallest absolute Gasteiger partial charge is 0.471 e. The predicted molar refractivity (Wildman–Crippen MR) is 105 cm³/mol. The summed E-state index contributed by atoms with van der Waals surface area (Å²) in [5.41, 5.74) is 4.61. The second-order valence-corrected chi connectivity index (χ2v) is 7.68. The minimum Gasteiger partial charge on any atom is -0.493 e. The minimum atomic E-state index is -4.86. The molecule has 2 aliphatic rings. The molecule has 0 radical (unpaired) electrons. The Morgan fingerprint density at radius 3 is 2.62 bits per heavy atom. The summed E-state index contributed by atoms with van der Waals surface area (Å²) in [5, 5.41) is 0.526. The van der Waals surface area contributed by atoms with Gasteiger partial charge in [-0.3, -0.25) is 4.79 Å². The highest BCUT2D eigenvalue weighted by Gasteiger charge is 2.42. The van der Waals surface area contributed by atoms with Crippen molar-refractivity contribution in [2.45, 2.75) is 25.4 Å². The molecule has 0 N–H and O–H groups in total. The fourth-order valence-corrected chi connectivity index (χ4v) is 4.34. The Balaban J connectivity index is 1.66. The van der Waals surface area contributed by atoms with Crippen LogP contribution in [0.2, 0.25) is 5.02 Å². The number of benzene rings is 2. The van der Waals surface area contributed by atoms with Crippen LogP contribution in [0.5, 0.6) is 5.75 Å². The zero-order valence-corrected chi connectivity index (χ0v) is 16.6. The van der Waals surface area contributed by atoms with Gasteiger partial charge in [0.25, 0.3) is 0 Å². The lowest BCUT2D eigenvalue weighted by atomic mass is 9.99. The fraction of sp³-hybridized carbons (Fsp3) is 0.381. The third-order valence-electron chi connectivity index (χ3n) is 5.54. The van der Waals surface area contributed by atoms with Gasteiger partial charge in [0.1, 0.15) is 5.75 Å². The Labute approximate surface area is 171 Å². The summed E-state index contributed by atoms with van der Waals surface area (Å²) >= 11 is 6.52. The van der Waals surface area contributed by atoms with Crippen LogP contribution in [-0.2, 0) is 24.1 Å². The molecule has 8 heteroatoms. The SMILES string of the molecule is CN(c1ccc2c(c1)CCO2)c1c(Cl)ccc2c1CCN(C(=O)C(F)(F)F)CC2. The zero-order valence-electron chi connectivity index (χ0n) is 15.9. The van der Waals surface area contributed by atoms with Gasteiger partial charge in [-0.2, -0.15) is 13.2 Å². The molecule has 0 spiro atoms. The Kier molecular flexibility index (Phi) is 5.11. The largest absolute Gasteiger partial charge is 0.493 e. The summed E-state index contributed by atoms with van der Waals surface area (Å²) in [5.74, 6) is -0.911. The second-order valence-electron chi connectivity index (χ2n) is 7.27. The number of ether oxygens (including phenoxy) is 1. The van der Waals surface area contributed by atoms with Gasteiger partial charge < -0.3 is 14.5 Å². The summed E-state index contributed by atoms with van der Waals surface area (Å²) in [7, 11) is 1.89. The summed E-state index contributed by atoms with van der Waals surface area (Å²) in [6.45, 7) is 0.698. The van der Waals surface area contributed by atoms with Gasteiger partial charge in [0.15, 0.2) is 0 Å². The highest BCUT2D eigenvalue weighted by Crippen LogP contribution is 2.39. The molecule has 0 aliphatic carbocycles. The maximum atomic E-state index is 12.9. The molecule has 29 heavy (non-hydrogen) atoms. The number of fused-ring (bicyclic) bond motifs is 2. The molecule has 2 heterocycles. The highest BCUT2D eigenvalue weighted by molar-refractivity contribution is 6.33. The Morgan fingerprint density at radius 2 is 1.86 bits per heavy atom. The van der Waals surface area contributed by atoms with E-state index in [2.05, 4.69) is 0 Å². The molecule has 4 rings (SSSR count). The van der Waals surface area contributed by atoms with Gasteiger partial charge in [-0.1, -0.05) is 17.7 Å². The average molecular weight is 425 g/mol. The number of amides is 1. The van der Waals surface area contributed by atoms with Crippen LogP contribution in [0.25, 0.3) is 0 Å². The fourth-order valence-electron chi connectivity index (χ4n) is 4.03. The number of alkyl halides is 3. The zero-order chi connectivity index (χ0) is 20.8. The third kappa shape index (κ3) is 3.75. The second kappa shape index (κ2) is 7.44.